The van der Waals surface area contributed by atoms with Gasteiger partial charge in [-0.05, 0) is 161 Å². The van der Waals surface area contributed by atoms with Crippen LogP contribution in [0, 0.1) is 0 Å². The van der Waals surface area contributed by atoms with Gasteiger partial charge in [0.2, 0.25) is 0 Å². The number of rotatable bonds is 57. The standard InChI is InChI=1S/C77H118O6/c1-4-7-10-13-16-19-22-25-28-31-33-35-36-37-38-39-40-42-43-46-49-52-55-58-61-64-67-70-76(79)82-73-74(72-81-75(78)69-66-63-60-57-54-51-48-45-30-27-24-21-18-15-12-9-6-3)83-77(80)71-68-65-62-59-56-53-50-47-44-41-34-32-29-26-23-20-17-14-11-8-5-2/h7-12,16-21,25-30,33-35,37-38,40-42,46-51,74H,4-6,13-15,22-24,31-32,36,39,43-45,52-73H2,1-3H3/b10-7-,11-8-,12-9-,19-16-,20-17-,21-18-,28-25-,29-26-,30-27-,35-33-,38-37-,41-34-,42-40-,49-46-,50-47-,51-48-. The highest BCUT2D eigenvalue weighted by atomic mass is 16.6. The van der Waals surface area contributed by atoms with Crippen molar-refractivity contribution < 1.29 is 28.6 Å². The lowest BCUT2D eigenvalue weighted by Gasteiger charge is -2.18. The van der Waals surface area contributed by atoms with Crippen molar-refractivity contribution in [2.45, 2.75) is 258 Å². The summed E-state index contributed by atoms with van der Waals surface area (Å²) < 4.78 is 16.9. The molecule has 1 atom stereocenters. The van der Waals surface area contributed by atoms with E-state index in [4.69, 9.17) is 14.2 Å². The first kappa shape index (κ1) is 77.2. The molecule has 0 saturated heterocycles. The molecule has 0 aromatic rings. The van der Waals surface area contributed by atoms with Gasteiger partial charge in [0.1, 0.15) is 13.2 Å². The van der Waals surface area contributed by atoms with Crippen LogP contribution in [0.2, 0.25) is 0 Å². The molecule has 0 saturated carbocycles. The van der Waals surface area contributed by atoms with Crippen LogP contribution < -0.4 is 0 Å². The largest absolute Gasteiger partial charge is 0.462 e. The summed E-state index contributed by atoms with van der Waals surface area (Å²) in [5.74, 6) is -0.983. The molecule has 1 unspecified atom stereocenters. The van der Waals surface area contributed by atoms with E-state index in [-0.39, 0.29) is 37.5 Å². The van der Waals surface area contributed by atoms with E-state index in [0.717, 1.165) is 212 Å². The van der Waals surface area contributed by atoms with Crippen molar-refractivity contribution in [1.82, 2.24) is 0 Å². The Balaban J connectivity index is 4.53. The second kappa shape index (κ2) is 68.7. The summed E-state index contributed by atoms with van der Waals surface area (Å²) in [7, 11) is 0. The molecule has 6 heteroatoms. The fourth-order valence-electron chi connectivity index (χ4n) is 8.26. The Bertz CT molecular complexity index is 1990. The maximum Gasteiger partial charge on any atom is 0.306 e. The summed E-state index contributed by atoms with van der Waals surface area (Å²) in [6.45, 7) is 6.24. The Kier molecular flexibility index (Phi) is 64.0. The molecule has 0 bridgehead atoms. The van der Waals surface area contributed by atoms with Crippen LogP contribution in [0.1, 0.15) is 252 Å². The van der Waals surface area contributed by atoms with Crippen LogP contribution in [0.3, 0.4) is 0 Å². The molecule has 0 heterocycles. The molecule has 0 aliphatic rings. The summed E-state index contributed by atoms with van der Waals surface area (Å²) in [5, 5.41) is 0. The number of unbranched alkanes of at least 4 members (excludes halogenated alkanes) is 14. The first-order chi connectivity index (χ1) is 41.0. The number of hydrogen-bond donors (Lipinski definition) is 0. The monoisotopic (exact) mass is 1140 g/mol. The van der Waals surface area contributed by atoms with E-state index >= 15 is 0 Å². The lowest BCUT2D eigenvalue weighted by molar-refractivity contribution is -0.167. The van der Waals surface area contributed by atoms with E-state index in [1.54, 1.807) is 0 Å². The SMILES string of the molecule is CC/C=C\C/C=C\C/C=C\C/C=C\C/C=C\C/C=C\C/C=C\CCCCCCCC(=O)OCC(COC(=O)CCCCCC/C=C\C/C=C\C/C=C\C/C=C\CC)OC(=O)CCCCCCC/C=C\C/C=C\C/C=C\C/C=C\C/C=C\CC. The topological polar surface area (TPSA) is 78.9 Å². The molecule has 0 aromatic heterocycles. The van der Waals surface area contributed by atoms with E-state index in [0.29, 0.717) is 12.8 Å². The van der Waals surface area contributed by atoms with Gasteiger partial charge in [0.05, 0.1) is 0 Å². The lowest BCUT2D eigenvalue weighted by Crippen LogP contribution is -2.30. The highest BCUT2D eigenvalue weighted by molar-refractivity contribution is 5.71. The van der Waals surface area contributed by atoms with Crippen LogP contribution in [0.15, 0.2) is 194 Å². The average Bonchev–Trinajstić information content (AvgIpc) is 3.49. The Morgan fingerprint density at radius 2 is 0.434 bits per heavy atom. The van der Waals surface area contributed by atoms with Crippen molar-refractivity contribution in [2.75, 3.05) is 13.2 Å². The third kappa shape index (κ3) is 66.9. The third-order valence-corrected chi connectivity index (χ3v) is 13.1. The Labute approximate surface area is 509 Å². The number of carbonyl (C=O) groups excluding carboxylic acids is 3. The van der Waals surface area contributed by atoms with Crippen molar-refractivity contribution in [3.63, 3.8) is 0 Å². The van der Waals surface area contributed by atoms with Gasteiger partial charge < -0.3 is 14.2 Å². The van der Waals surface area contributed by atoms with Gasteiger partial charge in [0, 0.05) is 19.3 Å². The maximum atomic E-state index is 12.9. The lowest BCUT2D eigenvalue weighted by atomic mass is 10.1. The molecule has 0 fully saturated rings. The molecule has 462 valence electrons. The highest BCUT2D eigenvalue weighted by Gasteiger charge is 2.19. The highest BCUT2D eigenvalue weighted by Crippen LogP contribution is 2.13. The predicted molar refractivity (Wildman–Crippen MR) is 361 cm³/mol. The summed E-state index contributed by atoms with van der Waals surface area (Å²) in [4.78, 5) is 38.4. The van der Waals surface area contributed by atoms with Gasteiger partial charge in [0.25, 0.3) is 0 Å². The van der Waals surface area contributed by atoms with Gasteiger partial charge in [0.15, 0.2) is 6.10 Å². The van der Waals surface area contributed by atoms with Gasteiger partial charge in [-0.3, -0.25) is 14.4 Å². The number of ether oxygens (including phenoxy) is 3. The fourth-order valence-corrected chi connectivity index (χ4v) is 8.26. The quantitative estimate of drug-likeness (QED) is 0.0261. The van der Waals surface area contributed by atoms with E-state index in [9.17, 15) is 14.4 Å². The Hall–Kier alpha value is -5.75. The molecule has 0 aliphatic heterocycles. The minimum Gasteiger partial charge on any atom is -0.462 e. The summed E-state index contributed by atoms with van der Waals surface area (Å²) in [5.41, 5.74) is 0. The first-order valence-electron chi connectivity index (χ1n) is 32.9. The molecule has 0 N–H and O–H groups in total. The molecule has 6 nitrogen and oxygen atoms in total. The number of esters is 3. The van der Waals surface area contributed by atoms with Gasteiger partial charge in [-0.1, -0.05) is 267 Å². The summed E-state index contributed by atoms with van der Waals surface area (Å²) in [6.07, 6.45) is 104. The second-order valence-electron chi connectivity index (χ2n) is 20.9. The number of allylic oxidation sites excluding steroid dienone is 32. The van der Waals surface area contributed by atoms with Crippen molar-refractivity contribution in [2.24, 2.45) is 0 Å². The van der Waals surface area contributed by atoms with Crippen LogP contribution in [0.4, 0.5) is 0 Å². The van der Waals surface area contributed by atoms with Crippen molar-refractivity contribution in [1.29, 1.82) is 0 Å². The van der Waals surface area contributed by atoms with Crippen LogP contribution in [0.5, 0.6) is 0 Å². The van der Waals surface area contributed by atoms with Gasteiger partial charge in [-0.25, -0.2) is 0 Å². The van der Waals surface area contributed by atoms with Gasteiger partial charge in [-0.15, -0.1) is 0 Å². The second-order valence-corrected chi connectivity index (χ2v) is 20.9. The normalized spacial score (nSPS) is 13.4. The van der Waals surface area contributed by atoms with Gasteiger partial charge >= 0.3 is 17.9 Å². The smallest absolute Gasteiger partial charge is 0.306 e. The number of hydrogen-bond acceptors (Lipinski definition) is 6. The van der Waals surface area contributed by atoms with E-state index in [1.165, 1.54) is 0 Å². The minimum atomic E-state index is -0.822. The van der Waals surface area contributed by atoms with E-state index in [2.05, 4.69) is 215 Å². The molecule has 0 aromatic carbocycles. The zero-order chi connectivity index (χ0) is 59.9. The first-order valence-corrected chi connectivity index (χ1v) is 32.9. The molecule has 0 aliphatic carbocycles. The summed E-state index contributed by atoms with van der Waals surface area (Å²) >= 11 is 0. The molecule has 0 radical (unpaired) electrons. The van der Waals surface area contributed by atoms with E-state index in [1.807, 2.05) is 0 Å². The van der Waals surface area contributed by atoms with Crippen LogP contribution in [-0.4, -0.2) is 37.2 Å². The molecule has 0 spiro atoms. The van der Waals surface area contributed by atoms with Gasteiger partial charge in [-0.2, -0.15) is 0 Å². The maximum absolute atomic E-state index is 12.9. The molecule has 83 heavy (non-hydrogen) atoms. The fraction of sp³-hybridized carbons (Fsp3) is 0.545. The van der Waals surface area contributed by atoms with Crippen molar-refractivity contribution in [3.05, 3.63) is 194 Å². The summed E-state index contributed by atoms with van der Waals surface area (Å²) in [6, 6.07) is 0. The van der Waals surface area contributed by atoms with Crippen LogP contribution in [0.25, 0.3) is 0 Å². The van der Waals surface area contributed by atoms with E-state index < -0.39 is 6.10 Å². The average molecular weight is 1140 g/mol. The zero-order valence-electron chi connectivity index (χ0n) is 52.9. The Morgan fingerprint density at radius 3 is 0.675 bits per heavy atom. The van der Waals surface area contributed by atoms with Crippen molar-refractivity contribution in [3.8, 4) is 0 Å². The predicted octanol–water partition coefficient (Wildman–Crippen LogP) is 23.0. The van der Waals surface area contributed by atoms with Crippen molar-refractivity contribution >= 4 is 17.9 Å². The molecular formula is C77H118O6. The minimum absolute atomic E-state index is 0.115. The molecule has 0 rings (SSSR count). The third-order valence-electron chi connectivity index (χ3n) is 13.1. The Morgan fingerprint density at radius 1 is 0.241 bits per heavy atom. The molecule has 0 amide bonds. The van der Waals surface area contributed by atoms with Crippen LogP contribution in [-0.2, 0) is 28.6 Å². The molecular weight excluding hydrogens is 1020 g/mol. The number of carbonyl (C=O) groups is 3. The van der Waals surface area contributed by atoms with Crippen LogP contribution >= 0.6 is 0 Å². The zero-order valence-corrected chi connectivity index (χ0v) is 52.9.